The van der Waals surface area contributed by atoms with Crippen LogP contribution in [-0.2, 0) is 17.9 Å². The maximum absolute atomic E-state index is 12.9. The van der Waals surface area contributed by atoms with Crippen molar-refractivity contribution in [3.8, 4) is 5.75 Å². The van der Waals surface area contributed by atoms with Crippen LogP contribution in [0.5, 0.6) is 5.75 Å². The second kappa shape index (κ2) is 10.1. The summed E-state index contributed by atoms with van der Waals surface area (Å²) >= 11 is 1.15. The molecule has 1 aliphatic rings. The zero-order chi connectivity index (χ0) is 25.1. The van der Waals surface area contributed by atoms with Crippen LogP contribution in [0.2, 0.25) is 0 Å². The Hall–Kier alpha value is -4.42. The van der Waals surface area contributed by atoms with Gasteiger partial charge in [0.25, 0.3) is 17.7 Å². The van der Waals surface area contributed by atoms with E-state index in [1.54, 1.807) is 18.2 Å². The third-order valence-corrected chi connectivity index (χ3v) is 6.11. The molecule has 5 rings (SSSR count). The van der Waals surface area contributed by atoms with E-state index in [0.717, 1.165) is 28.0 Å². The molecule has 2 aromatic heterocycles. The number of anilines is 1. The molecule has 4 aromatic rings. The molecule has 0 atom stereocenters. The normalized spacial score (nSPS) is 12.4. The summed E-state index contributed by atoms with van der Waals surface area (Å²) in [7, 11) is 0. The van der Waals surface area contributed by atoms with Crippen molar-refractivity contribution < 1.29 is 19.1 Å². The van der Waals surface area contributed by atoms with Crippen LogP contribution in [0.1, 0.15) is 32.0 Å². The van der Waals surface area contributed by atoms with Gasteiger partial charge in [-0.05, 0) is 47.3 Å². The van der Waals surface area contributed by atoms with E-state index < -0.39 is 5.91 Å². The first kappa shape index (κ1) is 23.3. The summed E-state index contributed by atoms with van der Waals surface area (Å²) in [5, 5.41) is 13.9. The van der Waals surface area contributed by atoms with Crippen molar-refractivity contribution in [2.24, 2.45) is 5.14 Å². The maximum Gasteiger partial charge on any atom is 0.272 e. The zero-order valence-electron chi connectivity index (χ0n) is 18.8. The molecule has 0 radical (unpaired) electrons. The summed E-state index contributed by atoms with van der Waals surface area (Å²) < 4.78 is 5.35. The molecule has 3 heterocycles. The van der Waals surface area contributed by atoms with Gasteiger partial charge in [-0.1, -0.05) is 18.2 Å². The van der Waals surface area contributed by atoms with Gasteiger partial charge in [0.15, 0.2) is 12.3 Å². The molecule has 36 heavy (non-hydrogen) atoms. The molecule has 0 bridgehead atoms. The third-order valence-electron chi connectivity index (χ3n) is 5.57. The Balaban J connectivity index is 1.27. The van der Waals surface area contributed by atoms with Crippen LogP contribution in [0.15, 0.2) is 59.9 Å². The number of nitrogens with two attached hydrogens (primary N) is 1. The Kier molecular flexibility index (Phi) is 6.52. The minimum atomic E-state index is -0.438. The van der Waals surface area contributed by atoms with Gasteiger partial charge in [0, 0.05) is 24.2 Å². The topological polar surface area (TPSA) is 164 Å². The number of carbonyl (C=O) groups excluding carboxylic acids is 3. The number of rotatable bonds is 7. The van der Waals surface area contributed by atoms with Crippen molar-refractivity contribution in [1.82, 2.24) is 25.6 Å². The highest BCUT2D eigenvalue weighted by molar-refractivity contribution is 7.97. The lowest BCUT2D eigenvalue weighted by Gasteiger charge is -2.18. The van der Waals surface area contributed by atoms with Gasteiger partial charge < -0.3 is 25.7 Å². The van der Waals surface area contributed by atoms with Gasteiger partial charge in [-0.25, -0.2) is 9.97 Å². The number of amides is 3. The highest BCUT2D eigenvalue weighted by Gasteiger charge is 2.20. The molecule has 0 saturated heterocycles. The number of ether oxygens (including phenoxy) is 1. The Morgan fingerprint density at radius 2 is 1.78 bits per heavy atom. The summed E-state index contributed by atoms with van der Waals surface area (Å²) in [6.45, 7) is 0.499. The number of benzene rings is 2. The van der Waals surface area contributed by atoms with Crippen LogP contribution in [-0.4, -0.2) is 39.3 Å². The summed E-state index contributed by atoms with van der Waals surface area (Å²) in [6.07, 6.45) is 2.75. The van der Waals surface area contributed by atoms with Crippen LogP contribution in [0.3, 0.4) is 0 Å². The van der Waals surface area contributed by atoms with Crippen molar-refractivity contribution in [2.75, 3.05) is 11.9 Å². The van der Waals surface area contributed by atoms with E-state index in [0.29, 0.717) is 34.6 Å². The van der Waals surface area contributed by atoms with E-state index in [1.165, 1.54) is 12.5 Å². The summed E-state index contributed by atoms with van der Waals surface area (Å²) in [5.41, 5.74) is 3.36. The molecule has 0 unspecified atom stereocenters. The first-order chi connectivity index (χ1) is 17.5. The number of H-pyrrole nitrogens is 1. The lowest BCUT2D eigenvalue weighted by atomic mass is 10.1. The fraction of sp³-hybridized carbons (Fsp3) is 0.125. The lowest BCUT2D eigenvalue weighted by molar-refractivity contribution is -0.118. The molecule has 2 aromatic carbocycles. The van der Waals surface area contributed by atoms with Gasteiger partial charge >= 0.3 is 0 Å². The van der Waals surface area contributed by atoms with Crippen molar-refractivity contribution in [3.05, 3.63) is 77.4 Å². The van der Waals surface area contributed by atoms with Crippen molar-refractivity contribution in [2.45, 2.75) is 18.0 Å². The van der Waals surface area contributed by atoms with Gasteiger partial charge in [-0.3, -0.25) is 19.5 Å². The lowest BCUT2D eigenvalue weighted by Crippen LogP contribution is -2.26. The molecule has 0 saturated carbocycles. The number of nitrogens with one attached hydrogen (secondary N) is 4. The number of hydrogen-bond acceptors (Lipinski definition) is 8. The SMILES string of the molecule is NSc1ccc(CNC(=O)c2c[nH]c3c(C(=O)NCc4ccc5c(c4)NC(=O)CO5)ncnc23)cc1. The molecule has 3 amide bonds. The molecule has 182 valence electrons. The predicted octanol–water partition coefficient (Wildman–Crippen LogP) is 2.11. The molecule has 11 nitrogen and oxygen atoms in total. The quantitative estimate of drug-likeness (QED) is 0.239. The fourth-order valence-corrected chi connectivity index (χ4v) is 4.05. The molecule has 0 aliphatic carbocycles. The Morgan fingerprint density at radius 3 is 2.58 bits per heavy atom. The standard InChI is InChI=1S/C24H21N7O4S/c25-36-15-4-1-13(2-5-15)8-27-23(33)16-10-26-21-20(16)29-12-30-22(21)24(34)28-9-14-3-6-18-17(7-14)31-19(32)11-35-18/h1-7,10,12,26H,8-9,11,25H2,(H,27,33)(H,28,34)(H,31,32). The Morgan fingerprint density at radius 1 is 1.03 bits per heavy atom. The Labute approximate surface area is 209 Å². The van der Waals surface area contributed by atoms with Crippen LogP contribution in [0.4, 0.5) is 5.69 Å². The molecule has 6 N–H and O–H groups in total. The van der Waals surface area contributed by atoms with Crippen LogP contribution in [0.25, 0.3) is 11.0 Å². The first-order valence-corrected chi connectivity index (χ1v) is 11.8. The Bertz CT molecular complexity index is 1470. The van der Waals surface area contributed by atoms with Gasteiger partial charge in [0.05, 0.1) is 16.8 Å². The molecule has 1 aliphatic heterocycles. The largest absolute Gasteiger partial charge is 0.482 e. The van der Waals surface area contributed by atoms with E-state index in [1.807, 2.05) is 24.3 Å². The van der Waals surface area contributed by atoms with E-state index in [2.05, 4.69) is 30.9 Å². The molecular formula is C24H21N7O4S. The fourth-order valence-electron chi connectivity index (χ4n) is 3.75. The van der Waals surface area contributed by atoms with Crippen LogP contribution < -0.4 is 25.8 Å². The van der Waals surface area contributed by atoms with E-state index in [-0.39, 0.29) is 30.7 Å². The number of hydrogen-bond donors (Lipinski definition) is 5. The van der Waals surface area contributed by atoms with Crippen molar-refractivity contribution in [1.29, 1.82) is 0 Å². The number of aromatic amines is 1. The smallest absolute Gasteiger partial charge is 0.272 e. The highest BCUT2D eigenvalue weighted by Crippen LogP contribution is 2.28. The third kappa shape index (κ3) is 4.85. The minimum Gasteiger partial charge on any atom is -0.482 e. The van der Waals surface area contributed by atoms with Gasteiger partial charge in [-0.2, -0.15) is 0 Å². The number of fused-ring (bicyclic) bond motifs is 2. The summed E-state index contributed by atoms with van der Waals surface area (Å²) in [4.78, 5) is 49.4. The van der Waals surface area contributed by atoms with E-state index >= 15 is 0 Å². The predicted molar refractivity (Wildman–Crippen MR) is 133 cm³/mol. The second-order valence-electron chi connectivity index (χ2n) is 7.94. The first-order valence-electron chi connectivity index (χ1n) is 10.9. The molecular weight excluding hydrogens is 482 g/mol. The van der Waals surface area contributed by atoms with Crippen LogP contribution >= 0.6 is 11.9 Å². The van der Waals surface area contributed by atoms with Gasteiger partial charge in [-0.15, -0.1) is 0 Å². The second-order valence-corrected chi connectivity index (χ2v) is 8.65. The monoisotopic (exact) mass is 503 g/mol. The van der Waals surface area contributed by atoms with Crippen molar-refractivity contribution >= 4 is 46.4 Å². The number of carbonyl (C=O) groups is 3. The van der Waals surface area contributed by atoms with Gasteiger partial charge in [0.1, 0.15) is 17.6 Å². The van der Waals surface area contributed by atoms with Gasteiger partial charge in [0.2, 0.25) is 0 Å². The maximum atomic E-state index is 12.9. The average molecular weight is 504 g/mol. The summed E-state index contributed by atoms with van der Waals surface area (Å²) in [5.74, 6) is -0.429. The minimum absolute atomic E-state index is 0.0237. The zero-order valence-corrected chi connectivity index (χ0v) is 19.6. The van der Waals surface area contributed by atoms with Crippen LogP contribution in [0, 0.1) is 0 Å². The van der Waals surface area contributed by atoms with Crippen molar-refractivity contribution in [3.63, 3.8) is 0 Å². The summed E-state index contributed by atoms with van der Waals surface area (Å²) in [6, 6.07) is 12.8. The highest BCUT2D eigenvalue weighted by atomic mass is 32.2. The molecule has 12 heteroatoms. The average Bonchev–Trinajstić information content (AvgIpc) is 3.35. The number of aromatic nitrogens is 3. The van der Waals surface area contributed by atoms with E-state index in [4.69, 9.17) is 9.88 Å². The molecule has 0 fully saturated rings. The number of nitrogens with zero attached hydrogens (tertiary/aromatic N) is 2. The van der Waals surface area contributed by atoms with E-state index in [9.17, 15) is 14.4 Å². The molecule has 0 spiro atoms.